The van der Waals surface area contributed by atoms with Gasteiger partial charge in [-0.15, -0.1) is 0 Å². The Labute approximate surface area is 143 Å². The minimum Gasteiger partial charge on any atom is -0.385 e. The molecule has 0 saturated carbocycles. The molecule has 1 rings (SSSR count). The Morgan fingerprint density at radius 1 is 0.826 bits per heavy atom. The molecule has 0 spiro atoms. The molecule has 0 aliphatic heterocycles. The summed E-state index contributed by atoms with van der Waals surface area (Å²) < 4.78 is 0. The lowest BCUT2D eigenvalue weighted by molar-refractivity contribution is -0.116. The normalized spacial score (nSPS) is 20.5. The highest BCUT2D eigenvalue weighted by Gasteiger charge is 2.30. The van der Waals surface area contributed by atoms with Gasteiger partial charge in [0.05, 0.1) is 5.60 Å². The van der Waals surface area contributed by atoms with Gasteiger partial charge in [0.2, 0.25) is 0 Å². The summed E-state index contributed by atoms with van der Waals surface area (Å²) in [6, 6.07) is 0. The van der Waals surface area contributed by atoms with E-state index in [0.717, 1.165) is 12.8 Å². The standard InChI is InChI=1S/C21H38O2/c1-2-3-4-5-6-7-8-9-10-11-12-13-14-15-17-21(23)18-16-20(22)19-21/h16,18,23H,2-15,17,19H2,1H3/t21-/m0/s1. The van der Waals surface area contributed by atoms with E-state index in [9.17, 15) is 9.90 Å². The number of allylic oxidation sites excluding steroid dienone is 1. The van der Waals surface area contributed by atoms with Crippen LogP contribution in [0.1, 0.15) is 110 Å². The highest BCUT2D eigenvalue weighted by atomic mass is 16.3. The predicted molar refractivity (Wildman–Crippen MR) is 98.6 cm³/mol. The number of unbranched alkanes of at least 4 members (excludes halogenated alkanes) is 13. The zero-order valence-corrected chi connectivity index (χ0v) is 15.3. The summed E-state index contributed by atoms with van der Waals surface area (Å²) in [7, 11) is 0. The summed E-state index contributed by atoms with van der Waals surface area (Å²) in [5, 5.41) is 10.1. The van der Waals surface area contributed by atoms with E-state index in [1.807, 2.05) is 0 Å². The molecule has 1 aliphatic carbocycles. The fourth-order valence-electron chi connectivity index (χ4n) is 3.47. The summed E-state index contributed by atoms with van der Waals surface area (Å²) in [4.78, 5) is 11.2. The van der Waals surface area contributed by atoms with E-state index in [-0.39, 0.29) is 5.78 Å². The van der Waals surface area contributed by atoms with Crippen LogP contribution < -0.4 is 0 Å². The zero-order chi connectivity index (χ0) is 16.8. The van der Waals surface area contributed by atoms with Gasteiger partial charge in [-0.25, -0.2) is 0 Å². The summed E-state index contributed by atoms with van der Waals surface area (Å²) in [5.41, 5.74) is -0.825. The number of carbonyl (C=O) groups excluding carboxylic acids is 1. The van der Waals surface area contributed by atoms with Crippen LogP contribution in [0, 0.1) is 0 Å². The maximum absolute atomic E-state index is 11.2. The lowest BCUT2D eigenvalue weighted by atomic mass is 9.95. The summed E-state index contributed by atoms with van der Waals surface area (Å²) in [5.74, 6) is 0.0675. The Morgan fingerprint density at radius 3 is 1.65 bits per heavy atom. The molecule has 0 aromatic rings. The van der Waals surface area contributed by atoms with Crippen LogP contribution in [0.5, 0.6) is 0 Å². The smallest absolute Gasteiger partial charge is 0.158 e. The monoisotopic (exact) mass is 322 g/mol. The first-order chi connectivity index (χ1) is 11.2. The van der Waals surface area contributed by atoms with Crippen molar-refractivity contribution in [3.63, 3.8) is 0 Å². The van der Waals surface area contributed by atoms with Crippen LogP contribution in [0.3, 0.4) is 0 Å². The number of hydrogen-bond acceptors (Lipinski definition) is 2. The number of ketones is 1. The second kappa shape index (κ2) is 12.8. The molecule has 0 unspecified atom stereocenters. The van der Waals surface area contributed by atoms with Gasteiger partial charge in [0.1, 0.15) is 0 Å². The van der Waals surface area contributed by atoms with E-state index >= 15 is 0 Å². The highest BCUT2D eigenvalue weighted by molar-refractivity contribution is 5.93. The predicted octanol–water partition coefficient (Wildman–Crippen LogP) is 6.12. The average molecular weight is 323 g/mol. The number of hydrogen-bond donors (Lipinski definition) is 1. The fraction of sp³-hybridized carbons (Fsp3) is 0.857. The minimum absolute atomic E-state index is 0.0675. The van der Waals surface area contributed by atoms with Gasteiger partial charge >= 0.3 is 0 Å². The topological polar surface area (TPSA) is 37.3 Å². The average Bonchev–Trinajstić information content (AvgIpc) is 2.87. The van der Waals surface area contributed by atoms with Gasteiger partial charge in [-0.05, 0) is 18.6 Å². The van der Waals surface area contributed by atoms with Crippen molar-refractivity contribution < 1.29 is 9.90 Å². The third kappa shape index (κ3) is 10.7. The molecule has 0 aromatic heterocycles. The Kier molecular flexibility index (Phi) is 11.3. The first-order valence-electron chi connectivity index (χ1n) is 10.1. The van der Waals surface area contributed by atoms with Gasteiger partial charge in [-0.1, -0.05) is 96.8 Å². The van der Waals surface area contributed by atoms with Gasteiger partial charge in [-0.2, -0.15) is 0 Å². The van der Waals surface area contributed by atoms with Crippen molar-refractivity contribution in [2.24, 2.45) is 0 Å². The van der Waals surface area contributed by atoms with Crippen LogP contribution in [-0.4, -0.2) is 16.5 Å². The molecule has 0 fully saturated rings. The van der Waals surface area contributed by atoms with Crippen molar-refractivity contribution in [1.29, 1.82) is 0 Å². The Morgan fingerprint density at radius 2 is 1.26 bits per heavy atom. The molecule has 0 amide bonds. The molecule has 1 aliphatic rings. The van der Waals surface area contributed by atoms with Crippen LogP contribution in [-0.2, 0) is 4.79 Å². The lowest BCUT2D eigenvalue weighted by Crippen LogP contribution is -2.24. The van der Waals surface area contributed by atoms with E-state index in [1.165, 1.54) is 89.5 Å². The van der Waals surface area contributed by atoms with Gasteiger partial charge < -0.3 is 5.11 Å². The van der Waals surface area contributed by atoms with Crippen LogP contribution in [0.2, 0.25) is 0 Å². The number of carbonyl (C=O) groups is 1. The van der Waals surface area contributed by atoms with Crippen LogP contribution in [0.25, 0.3) is 0 Å². The molecule has 23 heavy (non-hydrogen) atoms. The van der Waals surface area contributed by atoms with Crippen molar-refractivity contribution in [2.45, 2.75) is 115 Å². The number of aliphatic hydroxyl groups is 1. The Bertz CT molecular complexity index is 335. The summed E-state index contributed by atoms with van der Waals surface area (Å²) in [6.45, 7) is 2.27. The lowest BCUT2D eigenvalue weighted by Gasteiger charge is -2.18. The first kappa shape index (κ1) is 20.4. The molecule has 2 nitrogen and oxygen atoms in total. The number of rotatable bonds is 15. The van der Waals surface area contributed by atoms with E-state index in [0.29, 0.717) is 6.42 Å². The Balaban J connectivity index is 1.77. The summed E-state index contributed by atoms with van der Waals surface area (Å²) in [6.07, 6.45) is 23.1. The van der Waals surface area contributed by atoms with E-state index in [2.05, 4.69) is 6.92 Å². The van der Waals surface area contributed by atoms with Crippen LogP contribution >= 0.6 is 0 Å². The second-order valence-electron chi connectivity index (χ2n) is 7.43. The molecule has 2 heteroatoms. The molecule has 0 radical (unpaired) electrons. The first-order valence-corrected chi connectivity index (χ1v) is 10.1. The van der Waals surface area contributed by atoms with E-state index in [4.69, 9.17) is 0 Å². The molecule has 0 saturated heterocycles. The summed E-state index contributed by atoms with van der Waals surface area (Å²) >= 11 is 0. The molecular weight excluding hydrogens is 284 g/mol. The second-order valence-corrected chi connectivity index (χ2v) is 7.43. The van der Waals surface area contributed by atoms with Gasteiger partial charge in [0.25, 0.3) is 0 Å². The molecular formula is C21H38O2. The zero-order valence-electron chi connectivity index (χ0n) is 15.3. The molecule has 0 bridgehead atoms. The van der Waals surface area contributed by atoms with Crippen molar-refractivity contribution in [2.75, 3.05) is 0 Å². The SMILES string of the molecule is CCCCCCCCCCCCCCCC[C@]1(O)C=CC(=O)C1. The molecule has 1 atom stereocenters. The van der Waals surface area contributed by atoms with Gasteiger partial charge in [-0.3, -0.25) is 4.79 Å². The third-order valence-electron chi connectivity index (χ3n) is 5.02. The third-order valence-corrected chi connectivity index (χ3v) is 5.02. The van der Waals surface area contributed by atoms with Crippen molar-refractivity contribution in [3.8, 4) is 0 Å². The van der Waals surface area contributed by atoms with E-state index < -0.39 is 5.60 Å². The van der Waals surface area contributed by atoms with Crippen LogP contribution in [0.15, 0.2) is 12.2 Å². The van der Waals surface area contributed by atoms with Gasteiger partial charge in [0.15, 0.2) is 5.78 Å². The quantitative estimate of drug-likeness (QED) is 0.369. The van der Waals surface area contributed by atoms with Crippen molar-refractivity contribution in [3.05, 3.63) is 12.2 Å². The van der Waals surface area contributed by atoms with E-state index in [1.54, 1.807) is 6.08 Å². The maximum Gasteiger partial charge on any atom is 0.158 e. The maximum atomic E-state index is 11.2. The molecule has 134 valence electrons. The minimum atomic E-state index is -0.825. The Hall–Kier alpha value is -0.630. The molecule has 0 heterocycles. The highest BCUT2D eigenvalue weighted by Crippen LogP contribution is 2.26. The van der Waals surface area contributed by atoms with Crippen molar-refractivity contribution >= 4 is 5.78 Å². The molecule has 0 aromatic carbocycles. The molecule has 1 N–H and O–H groups in total. The van der Waals surface area contributed by atoms with Gasteiger partial charge in [0, 0.05) is 6.42 Å². The largest absolute Gasteiger partial charge is 0.385 e. The van der Waals surface area contributed by atoms with Crippen molar-refractivity contribution in [1.82, 2.24) is 0 Å². The van der Waals surface area contributed by atoms with Crippen LogP contribution in [0.4, 0.5) is 0 Å². The fourth-order valence-corrected chi connectivity index (χ4v) is 3.47.